The highest BCUT2D eigenvalue weighted by Gasteiger charge is 2.69. The minimum absolute atomic E-state index is 0.0100. The number of halogens is 2. The molecule has 3 aromatic heterocycles. The van der Waals surface area contributed by atoms with Gasteiger partial charge < -0.3 is 4.74 Å². The third-order valence-corrected chi connectivity index (χ3v) is 7.20. The molecule has 0 radical (unpaired) electrons. The first-order valence-electron chi connectivity index (χ1n) is 11.2. The summed E-state index contributed by atoms with van der Waals surface area (Å²) >= 11 is 6.10. The van der Waals surface area contributed by atoms with Crippen molar-refractivity contribution in [2.75, 3.05) is 0 Å². The lowest BCUT2D eigenvalue weighted by Gasteiger charge is -2.65. The summed E-state index contributed by atoms with van der Waals surface area (Å²) in [6, 6.07) is 6.97. The molecule has 2 bridgehead atoms. The quantitative estimate of drug-likeness (QED) is 0.259. The molecule has 1 atom stereocenters. The molecule has 9 heteroatoms. The number of ether oxygens (including phenoxy) is 1. The minimum atomic E-state index is -1.01. The lowest BCUT2D eigenvalue weighted by Crippen LogP contribution is -2.64. The van der Waals surface area contributed by atoms with Crippen molar-refractivity contribution in [2.45, 2.75) is 50.8 Å². The molecule has 7 nitrogen and oxygen atoms in total. The number of carbonyl (C=O) groups excluding carboxylic acids is 2. The molecule has 3 heterocycles. The van der Waals surface area contributed by atoms with Gasteiger partial charge in [0.2, 0.25) is 0 Å². The van der Waals surface area contributed by atoms with Crippen molar-refractivity contribution >= 4 is 23.4 Å². The van der Waals surface area contributed by atoms with Crippen LogP contribution in [0.25, 0.3) is 11.3 Å². The van der Waals surface area contributed by atoms with Crippen LogP contribution in [0.2, 0.25) is 5.15 Å². The van der Waals surface area contributed by atoms with Crippen LogP contribution in [0.5, 0.6) is 0 Å². The van der Waals surface area contributed by atoms with E-state index < -0.39 is 17.7 Å². The Morgan fingerprint density at radius 3 is 2.62 bits per heavy atom. The maximum atomic E-state index is 13.7. The molecule has 0 aromatic carbocycles. The first-order chi connectivity index (χ1) is 16.2. The van der Waals surface area contributed by atoms with Crippen LogP contribution >= 0.6 is 11.6 Å². The first-order valence-corrected chi connectivity index (χ1v) is 11.5. The summed E-state index contributed by atoms with van der Waals surface area (Å²) in [5.74, 6) is -0.452. The van der Waals surface area contributed by atoms with Crippen LogP contribution in [0.3, 0.4) is 0 Å². The van der Waals surface area contributed by atoms with Gasteiger partial charge in [0, 0.05) is 42.6 Å². The summed E-state index contributed by atoms with van der Waals surface area (Å²) in [5.41, 5.74) is 1.91. The fourth-order valence-corrected chi connectivity index (χ4v) is 5.51. The molecule has 0 unspecified atom stereocenters. The molecule has 34 heavy (non-hydrogen) atoms. The molecule has 0 aliphatic heterocycles. The van der Waals surface area contributed by atoms with Crippen molar-refractivity contribution in [1.29, 1.82) is 0 Å². The Bertz CT molecular complexity index is 1250. The second kappa shape index (κ2) is 8.27. The third-order valence-electron chi connectivity index (χ3n) is 6.88. The number of ketones is 1. The topological polar surface area (TPSA) is 87.0 Å². The zero-order valence-corrected chi connectivity index (χ0v) is 19.7. The van der Waals surface area contributed by atoms with E-state index in [0.29, 0.717) is 58.9 Å². The third kappa shape index (κ3) is 4.11. The summed E-state index contributed by atoms with van der Waals surface area (Å²) in [6.45, 7) is 1.74. The maximum Gasteiger partial charge on any atom is 0.312 e. The monoisotopic (exact) mass is 482 g/mol. The number of aryl methyl sites for hydroxylation is 1. The van der Waals surface area contributed by atoms with Crippen molar-refractivity contribution < 1.29 is 18.7 Å². The van der Waals surface area contributed by atoms with E-state index in [0.717, 1.165) is 0 Å². The molecular weight excluding hydrogens is 459 g/mol. The van der Waals surface area contributed by atoms with Crippen LogP contribution in [0.15, 0.2) is 42.9 Å². The van der Waals surface area contributed by atoms with Crippen LogP contribution in [-0.4, -0.2) is 37.2 Å². The number of Topliss-reactive ketones (excluding diaryl/α,β-unsaturated/α-hetero) is 1. The Morgan fingerprint density at radius 2 is 1.97 bits per heavy atom. The molecule has 0 saturated heterocycles. The lowest BCUT2D eigenvalue weighted by molar-refractivity contribution is -0.210. The first kappa shape index (κ1) is 22.7. The molecular formula is C25H24ClFN4O3. The Balaban J connectivity index is 1.26. The van der Waals surface area contributed by atoms with Crippen molar-refractivity contribution in [3.63, 3.8) is 0 Å². The van der Waals surface area contributed by atoms with Gasteiger partial charge >= 0.3 is 5.97 Å². The van der Waals surface area contributed by atoms with Gasteiger partial charge in [-0.25, -0.2) is 9.37 Å². The van der Waals surface area contributed by atoms with Crippen LogP contribution in [-0.2, 0) is 23.0 Å². The van der Waals surface area contributed by atoms with E-state index in [1.165, 1.54) is 6.20 Å². The Morgan fingerprint density at radius 1 is 1.21 bits per heavy atom. The van der Waals surface area contributed by atoms with E-state index in [-0.39, 0.29) is 17.6 Å². The highest BCUT2D eigenvalue weighted by Crippen LogP contribution is 2.71. The number of aromatic nitrogens is 4. The van der Waals surface area contributed by atoms with Gasteiger partial charge in [-0.1, -0.05) is 17.7 Å². The number of nitrogens with zero attached hydrogens (tertiary/aromatic N) is 4. The Kier molecular flexibility index (Phi) is 5.51. The van der Waals surface area contributed by atoms with E-state index >= 15 is 0 Å². The second-order valence-electron chi connectivity index (χ2n) is 9.53. The maximum absolute atomic E-state index is 13.7. The summed E-state index contributed by atoms with van der Waals surface area (Å²) in [7, 11) is 1.74. The van der Waals surface area contributed by atoms with Crippen LogP contribution in [0.4, 0.5) is 4.39 Å². The smallest absolute Gasteiger partial charge is 0.312 e. The molecule has 3 aliphatic carbocycles. The number of rotatable bonds is 8. The molecule has 0 amide bonds. The fraction of sp³-hybridized carbons (Fsp3) is 0.400. The van der Waals surface area contributed by atoms with Gasteiger partial charge in [-0.05, 0) is 49.8 Å². The number of hydrogen-bond acceptors (Lipinski definition) is 6. The standard InChI is InChI=1S/C25H24ClFN4O3/c1-15(17-4-3-7-28-23(17)26)34-22(33)8-20-18(11-30-31(20)2)19-6-5-16(10-29-19)21(32)9-24-12-25(27,13-24)14-24/h3-7,10-11,15H,8-9,12-14H2,1-2H3/t15-,24?,25?/m1/s1. The number of alkyl halides is 1. The van der Waals surface area contributed by atoms with Gasteiger partial charge in [0.25, 0.3) is 0 Å². The van der Waals surface area contributed by atoms with Gasteiger partial charge in [0.05, 0.1) is 24.0 Å². The number of carbonyl (C=O) groups is 2. The molecule has 6 rings (SSSR count). The van der Waals surface area contributed by atoms with Gasteiger partial charge in [-0.2, -0.15) is 5.10 Å². The highest BCUT2D eigenvalue weighted by molar-refractivity contribution is 6.30. The predicted molar refractivity (Wildman–Crippen MR) is 123 cm³/mol. The van der Waals surface area contributed by atoms with Crippen LogP contribution < -0.4 is 0 Å². The zero-order chi connectivity index (χ0) is 24.1. The van der Waals surface area contributed by atoms with Crippen molar-refractivity contribution in [2.24, 2.45) is 12.5 Å². The molecule has 176 valence electrons. The average Bonchev–Trinajstić information content (AvgIpc) is 3.12. The van der Waals surface area contributed by atoms with Gasteiger partial charge in [-0.3, -0.25) is 19.3 Å². The normalized spacial score (nSPS) is 23.5. The number of pyridine rings is 2. The molecule has 3 aromatic rings. The molecule has 3 aliphatic rings. The predicted octanol–water partition coefficient (Wildman–Crippen LogP) is 4.84. The largest absolute Gasteiger partial charge is 0.457 e. The lowest BCUT2D eigenvalue weighted by atomic mass is 9.41. The SMILES string of the molecule is C[C@@H](OC(=O)Cc1c(-c2ccc(C(=O)CC34CC(F)(C3)C4)cn2)cnn1C)c1cccnc1Cl. The molecule has 3 saturated carbocycles. The van der Waals surface area contributed by atoms with Gasteiger partial charge in [0.15, 0.2) is 5.78 Å². The fourth-order valence-electron chi connectivity index (χ4n) is 5.24. The highest BCUT2D eigenvalue weighted by atomic mass is 35.5. The summed E-state index contributed by atoms with van der Waals surface area (Å²) < 4.78 is 20.9. The summed E-state index contributed by atoms with van der Waals surface area (Å²) in [6.07, 6.45) is 6.04. The van der Waals surface area contributed by atoms with Gasteiger partial charge in [-0.15, -0.1) is 0 Å². The van der Waals surface area contributed by atoms with Gasteiger partial charge in [0.1, 0.15) is 16.9 Å². The van der Waals surface area contributed by atoms with Crippen molar-refractivity contribution in [3.8, 4) is 11.3 Å². The number of hydrogen-bond donors (Lipinski definition) is 0. The minimum Gasteiger partial charge on any atom is -0.457 e. The van der Waals surface area contributed by atoms with Crippen LogP contribution in [0, 0.1) is 5.41 Å². The molecule has 0 N–H and O–H groups in total. The van der Waals surface area contributed by atoms with E-state index in [1.54, 1.807) is 55.3 Å². The average molecular weight is 483 g/mol. The number of esters is 1. The summed E-state index contributed by atoms with van der Waals surface area (Å²) in [4.78, 5) is 33.8. The van der Waals surface area contributed by atoms with Crippen molar-refractivity contribution in [3.05, 3.63) is 64.8 Å². The van der Waals surface area contributed by atoms with E-state index in [1.807, 2.05) is 0 Å². The molecule has 3 fully saturated rings. The van der Waals surface area contributed by atoms with E-state index in [4.69, 9.17) is 16.3 Å². The van der Waals surface area contributed by atoms with E-state index in [2.05, 4.69) is 15.1 Å². The second-order valence-corrected chi connectivity index (χ2v) is 9.89. The Labute approximate surface area is 201 Å². The van der Waals surface area contributed by atoms with Crippen LogP contribution in [0.1, 0.15) is 60.3 Å². The summed E-state index contributed by atoms with van der Waals surface area (Å²) in [5, 5.41) is 4.56. The zero-order valence-electron chi connectivity index (χ0n) is 18.9. The molecule has 0 spiro atoms. The van der Waals surface area contributed by atoms with Crippen molar-refractivity contribution in [1.82, 2.24) is 19.7 Å². The van der Waals surface area contributed by atoms with E-state index in [9.17, 15) is 14.0 Å². The Hall–Kier alpha value is -3.13.